The summed E-state index contributed by atoms with van der Waals surface area (Å²) in [6.07, 6.45) is 24.1. The van der Waals surface area contributed by atoms with Gasteiger partial charge in [-0.1, -0.05) is 82.6 Å². The fraction of sp³-hybridized carbons (Fsp3) is 0.488. The van der Waals surface area contributed by atoms with Crippen molar-refractivity contribution in [2.45, 2.75) is 103 Å². The lowest BCUT2D eigenvalue weighted by atomic mass is 10.1. The SMILES string of the molecule is CCCCCCCC/C=C\CCCCCCCC(=O)OC[C@@H](COC(=O)C=Cc1ccc(O)c(OC)c1)OC(=O)C=Cc1ccc(O)c(OC)c1. The molecule has 0 spiro atoms. The maximum Gasteiger partial charge on any atom is 0.331 e. The van der Waals surface area contributed by atoms with Crippen LogP contribution in [-0.2, 0) is 28.6 Å². The van der Waals surface area contributed by atoms with Gasteiger partial charge in [-0.15, -0.1) is 0 Å². The number of phenols is 2. The van der Waals surface area contributed by atoms with Crippen molar-refractivity contribution in [2.24, 2.45) is 0 Å². The average Bonchev–Trinajstić information content (AvgIpc) is 3.13. The molecule has 0 radical (unpaired) electrons. The number of aromatic hydroxyl groups is 2. The Morgan fingerprint density at radius 2 is 1.14 bits per heavy atom. The zero-order valence-electron chi connectivity index (χ0n) is 30.5. The molecule has 1 atom stereocenters. The Labute approximate surface area is 303 Å². The first-order chi connectivity index (χ1) is 24.7. The molecule has 51 heavy (non-hydrogen) atoms. The summed E-state index contributed by atoms with van der Waals surface area (Å²) in [5.41, 5.74) is 1.16. The number of hydrogen-bond donors (Lipinski definition) is 2. The fourth-order valence-electron chi connectivity index (χ4n) is 5.07. The number of methoxy groups -OCH3 is 2. The number of ether oxygens (including phenoxy) is 5. The van der Waals surface area contributed by atoms with Crippen molar-refractivity contribution in [1.82, 2.24) is 0 Å². The molecule has 0 aliphatic heterocycles. The predicted octanol–water partition coefficient (Wildman–Crippen LogP) is 8.88. The van der Waals surface area contributed by atoms with Crippen LogP contribution < -0.4 is 9.47 Å². The fourth-order valence-corrected chi connectivity index (χ4v) is 5.07. The van der Waals surface area contributed by atoms with E-state index in [0.29, 0.717) is 17.5 Å². The monoisotopic (exact) mass is 708 g/mol. The third-order valence-corrected chi connectivity index (χ3v) is 8.00. The zero-order chi connectivity index (χ0) is 37.1. The standard InChI is InChI=1S/C41H56O10/c1-4-5-6-7-8-9-10-11-12-13-14-15-16-17-18-19-39(44)49-30-34(51-41(46)27-23-33-21-25-36(43)38(29-33)48-3)31-50-40(45)26-22-32-20-24-35(42)37(28-32)47-2/h11-12,20-29,34,42-43H,4-10,13-19,30-31H2,1-3H3/b12-11-,26-22?,27-23?/t34-/m0/s1. The van der Waals surface area contributed by atoms with Gasteiger partial charge in [0.25, 0.3) is 0 Å². The first-order valence-corrected chi connectivity index (χ1v) is 18.0. The summed E-state index contributed by atoms with van der Waals surface area (Å²) < 4.78 is 26.3. The Hall–Kier alpha value is -4.73. The summed E-state index contributed by atoms with van der Waals surface area (Å²) >= 11 is 0. The van der Waals surface area contributed by atoms with Gasteiger partial charge in [0.2, 0.25) is 0 Å². The van der Waals surface area contributed by atoms with Crippen LogP contribution in [0.5, 0.6) is 23.0 Å². The number of allylic oxidation sites excluding steroid dienone is 2. The van der Waals surface area contributed by atoms with Crippen LogP contribution in [-0.4, -0.2) is 61.7 Å². The Bertz CT molecular complexity index is 1410. The summed E-state index contributed by atoms with van der Waals surface area (Å²) in [5, 5.41) is 19.6. The van der Waals surface area contributed by atoms with E-state index >= 15 is 0 Å². The Morgan fingerprint density at radius 3 is 1.69 bits per heavy atom. The van der Waals surface area contributed by atoms with Gasteiger partial charge in [0, 0.05) is 18.6 Å². The molecule has 280 valence electrons. The van der Waals surface area contributed by atoms with Crippen LogP contribution in [0.2, 0.25) is 0 Å². The van der Waals surface area contributed by atoms with E-state index in [9.17, 15) is 24.6 Å². The highest BCUT2D eigenvalue weighted by molar-refractivity contribution is 5.88. The molecule has 0 aromatic heterocycles. The van der Waals surface area contributed by atoms with Gasteiger partial charge in [-0.05, 0) is 79.6 Å². The van der Waals surface area contributed by atoms with Crippen molar-refractivity contribution in [2.75, 3.05) is 27.4 Å². The van der Waals surface area contributed by atoms with Crippen molar-refractivity contribution in [3.63, 3.8) is 0 Å². The molecule has 0 saturated carbocycles. The van der Waals surface area contributed by atoms with Crippen molar-refractivity contribution in [3.05, 3.63) is 71.8 Å². The first kappa shape index (κ1) is 42.4. The number of rotatable bonds is 26. The third kappa shape index (κ3) is 19.3. The molecular formula is C41H56O10. The number of phenolic OH excluding ortho intramolecular Hbond substituents is 2. The molecule has 0 amide bonds. The van der Waals surface area contributed by atoms with Crippen LogP contribution in [0.15, 0.2) is 60.7 Å². The molecule has 0 fully saturated rings. The number of esters is 3. The summed E-state index contributed by atoms with van der Waals surface area (Å²) in [6, 6.07) is 9.15. The van der Waals surface area contributed by atoms with Gasteiger partial charge < -0.3 is 33.9 Å². The number of carbonyl (C=O) groups is 3. The molecule has 0 unspecified atom stereocenters. The highest BCUT2D eigenvalue weighted by atomic mass is 16.6. The molecule has 2 N–H and O–H groups in total. The lowest BCUT2D eigenvalue weighted by Gasteiger charge is -2.17. The number of benzene rings is 2. The molecule has 10 nitrogen and oxygen atoms in total. The predicted molar refractivity (Wildman–Crippen MR) is 199 cm³/mol. The summed E-state index contributed by atoms with van der Waals surface area (Å²) in [6.45, 7) is 1.60. The second kappa shape index (κ2) is 26.1. The third-order valence-electron chi connectivity index (χ3n) is 8.00. The number of hydrogen-bond acceptors (Lipinski definition) is 10. The smallest absolute Gasteiger partial charge is 0.331 e. The van der Waals surface area contributed by atoms with Crippen LogP contribution >= 0.6 is 0 Å². The average molecular weight is 709 g/mol. The minimum absolute atomic E-state index is 0.0349. The van der Waals surface area contributed by atoms with E-state index < -0.39 is 24.0 Å². The van der Waals surface area contributed by atoms with Gasteiger partial charge in [0.1, 0.15) is 13.2 Å². The van der Waals surface area contributed by atoms with E-state index in [1.807, 2.05) is 0 Å². The molecule has 0 bridgehead atoms. The van der Waals surface area contributed by atoms with Gasteiger partial charge in [-0.2, -0.15) is 0 Å². The molecule has 0 heterocycles. The number of carbonyl (C=O) groups excluding carboxylic acids is 3. The maximum absolute atomic E-state index is 12.6. The van der Waals surface area contributed by atoms with E-state index in [-0.39, 0.29) is 42.6 Å². The first-order valence-electron chi connectivity index (χ1n) is 18.0. The van der Waals surface area contributed by atoms with E-state index in [2.05, 4.69) is 19.1 Å². The molecule has 2 aromatic rings. The lowest BCUT2D eigenvalue weighted by Crippen LogP contribution is -2.30. The van der Waals surface area contributed by atoms with Crippen LogP contribution in [0, 0.1) is 0 Å². The second-order valence-electron chi connectivity index (χ2n) is 12.2. The van der Waals surface area contributed by atoms with Gasteiger partial charge in [-0.25, -0.2) is 9.59 Å². The van der Waals surface area contributed by atoms with Gasteiger partial charge in [0.15, 0.2) is 29.1 Å². The zero-order valence-corrected chi connectivity index (χ0v) is 30.5. The minimum Gasteiger partial charge on any atom is -0.504 e. The Kier molecular flexibility index (Phi) is 21.7. The highest BCUT2D eigenvalue weighted by Gasteiger charge is 2.18. The van der Waals surface area contributed by atoms with E-state index in [1.165, 1.54) is 89.2 Å². The molecule has 2 aromatic carbocycles. The van der Waals surface area contributed by atoms with Gasteiger partial charge in [-0.3, -0.25) is 4.79 Å². The lowest BCUT2D eigenvalue weighted by molar-refractivity contribution is -0.162. The Morgan fingerprint density at radius 1 is 0.647 bits per heavy atom. The van der Waals surface area contributed by atoms with E-state index in [0.717, 1.165) is 38.5 Å². The summed E-state index contributed by atoms with van der Waals surface area (Å²) in [7, 11) is 2.83. The molecule has 0 aliphatic rings. The highest BCUT2D eigenvalue weighted by Crippen LogP contribution is 2.27. The van der Waals surface area contributed by atoms with Crippen LogP contribution in [0.4, 0.5) is 0 Å². The summed E-state index contributed by atoms with van der Waals surface area (Å²) in [5.74, 6) is -1.47. The van der Waals surface area contributed by atoms with Crippen molar-refractivity contribution >= 4 is 30.1 Å². The minimum atomic E-state index is -1.05. The number of unbranched alkanes of at least 4 members (excludes halogenated alkanes) is 11. The van der Waals surface area contributed by atoms with Crippen molar-refractivity contribution in [3.8, 4) is 23.0 Å². The molecule has 0 aliphatic carbocycles. The van der Waals surface area contributed by atoms with Gasteiger partial charge in [0.05, 0.1) is 14.2 Å². The summed E-state index contributed by atoms with van der Waals surface area (Å²) in [4.78, 5) is 37.6. The van der Waals surface area contributed by atoms with E-state index in [1.54, 1.807) is 24.3 Å². The topological polar surface area (TPSA) is 138 Å². The molecule has 0 saturated heterocycles. The van der Waals surface area contributed by atoms with Crippen molar-refractivity contribution in [1.29, 1.82) is 0 Å². The van der Waals surface area contributed by atoms with Gasteiger partial charge >= 0.3 is 17.9 Å². The molecule has 2 rings (SSSR count). The van der Waals surface area contributed by atoms with Crippen LogP contribution in [0.1, 0.15) is 108 Å². The maximum atomic E-state index is 12.6. The van der Waals surface area contributed by atoms with E-state index in [4.69, 9.17) is 23.7 Å². The van der Waals surface area contributed by atoms with Crippen molar-refractivity contribution < 1.29 is 48.3 Å². The molecular weight excluding hydrogens is 652 g/mol. The quantitative estimate of drug-likeness (QED) is 0.0320. The molecule has 10 heteroatoms. The Balaban J connectivity index is 1.79. The van der Waals surface area contributed by atoms with Crippen LogP contribution in [0.25, 0.3) is 12.2 Å². The normalized spacial score (nSPS) is 12.0. The second-order valence-corrected chi connectivity index (χ2v) is 12.2. The van der Waals surface area contributed by atoms with Crippen LogP contribution in [0.3, 0.4) is 0 Å². The largest absolute Gasteiger partial charge is 0.504 e.